The SMILES string of the molecule is CCCCn1c2c(c(CCC)cc1=O)C(=O)c1c(C)cc(=O)n(C)c1C2=O. The van der Waals surface area contributed by atoms with Gasteiger partial charge in [0, 0.05) is 25.7 Å². The molecule has 0 atom stereocenters. The number of hydrogen-bond donors (Lipinski definition) is 0. The van der Waals surface area contributed by atoms with E-state index >= 15 is 0 Å². The number of rotatable bonds is 5. The predicted molar refractivity (Wildman–Crippen MR) is 103 cm³/mol. The molecule has 27 heavy (non-hydrogen) atoms. The van der Waals surface area contributed by atoms with Crippen molar-refractivity contribution in [3.8, 4) is 0 Å². The highest BCUT2D eigenvalue weighted by atomic mass is 16.2. The largest absolute Gasteiger partial charge is 0.308 e. The van der Waals surface area contributed by atoms with Gasteiger partial charge in [0.25, 0.3) is 11.1 Å². The maximum atomic E-state index is 13.4. The first-order valence-electron chi connectivity index (χ1n) is 9.40. The Kier molecular flexibility index (Phi) is 5.00. The predicted octanol–water partition coefficient (Wildman–Crippen LogP) is 2.38. The Morgan fingerprint density at radius 2 is 1.56 bits per heavy atom. The van der Waals surface area contributed by atoms with E-state index in [1.807, 2.05) is 13.8 Å². The molecule has 0 amide bonds. The molecule has 0 radical (unpaired) electrons. The lowest BCUT2D eigenvalue weighted by atomic mass is 9.84. The zero-order valence-electron chi connectivity index (χ0n) is 16.2. The second-order valence-electron chi connectivity index (χ2n) is 7.09. The molecule has 3 rings (SSSR count). The lowest BCUT2D eigenvalue weighted by Gasteiger charge is -2.26. The fraction of sp³-hybridized carbons (Fsp3) is 0.429. The molecule has 142 valence electrons. The third kappa shape index (κ3) is 2.89. The molecule has 0 aromatic carbocycles. The summed E-state index contributed by atoms with van der Waals surface area (Å²) < 4.78 is 2.63. The number of pyridine rings is 2. The van der Waals surface area contributed by atoms with Crippen molar-refractivity contribution in [2.75, 3.05) is 0 Å². The van der Waals surface area contributed by atoms with Crippen molar-refractivity contribution >= 4 is 11.6 Å². The second-order valence-corrected chi connectivity index (χ2v) is 7.09. The van der Waals surface area contributed by atoms with Gasteiger partial charge in [0.05, 0.1) is 11.1 Å². The number of unbranched alkanes of at least 4 members (excludes halogenated alkanes) is 1. The van der Waals surface area contributed by atoms with E-state index in [0.29, 0.717) is 29.7 Å². The summed E-state index contributed by atoms with van der Waals surface area (Å²) in [6, 6.07) is 2.87. The van der Waals surface area contributed by atoms with E-state index in [0.717, 1.165) is 19.3 Å². The summed E-state index contributed by atoms with van der Waals surface area (Å²) in [6.45, 7) is 6.01. The van der Waals surface area contributed by atoms with Crippen LogP contribution in [0.1, 0.15) is 76.3 Å². The number of hydrogen-bond acceptors (Lipinski definition) is 4. The van der Waals surface area contributed by atoms with Crippen LogP contribution in [0.3, 0.4) is 0 Å². The molecule has 1 aliphatic rings. The Morgan fingerprint density at radius 1 is 0.852 bits per heavy atom. The number of ketones is 2. The smallest absolute Gasteiger partial charge is 0.251 e. The minimum atomic E-state index is -0.422. The molecule has 0 bridgehead atoms. The van der Waals surface area contributed by atoms with E-state index in [4.69, 9.17) is 0 Å². The van der Waals surface area contributed by atoms with Crippen LogP contribution in [0.4, 0.5) is 0 Å². The van der Waals surface area contributed by atoms with E-state index in [1.54, 1.807) is 6.92 Å². The molecule has 0 saturated heterocycles. The van der Waals surface area contributed by atoms with Gasteiger partial charge in [-0.05, 0) is 30.9 Å². The first kappa shape index (κ1) is 19.0. The lowest BCUT2D eigenvalue weighted by molar-refractivity contribution is 0.0961. The molecular formula is C21H24N2O4. The number of nitrogens with zero attached hydrogens (tertiary/aromatic N) is 2. The van der Waals surface area contributed by atoms with Gasteiger partial charge in [-0.25, -0.2) is 0 Å². The van der Waals surface area contributed by atoms with E-state index in [2.05, 4.69) is 0 Å². The minimum absolute atomic E-state index is 0.0794. The fourth-order valence-corrected chi connectivity index (χ4v) is 3.80. The Labute approximate surface area is 157 Å². The van der Waals surface area contributed by atoms with Crippen LogP contribution in [0.25, 0.3) is 0 Å². The summed E-state index contributed by atoms with van der Waals surface area (Å²) >= 11 is 0. The van der Waals surface area contributed by atoms with Gasteiger partial charge in [0.1, 0.15) is 11.4 Å². The maximum Gasteiger partial charge on any atom is 0.251 e. The Hall–Kier alpha value is -2.76. The van der Waals surface area contributed by atoms with Crippen LogP contribution in [0.15, 0.2) is 21.7 Å². The van der Waals surface area contributed by atoms with Crippen LogP contribution >= 0.6 is 0 Å². The van der Waals surface area contributed by atoms with Crippen LogP contribution < -0.4 is 11.1 Å². The first-order valence-corrected chi connectivity index (χ1v) is 9.40. The Morgan fingerprint density at radius 3 is 2.19 bits per heavy atom. The molecule has 0 fully saturated rings. The van der Waals surface area contributed by atoms with Gasteiger partial charge in [-0.1, -0.05) is 26.7 Å². The summed E-state index contributed by atoms with van der Waals surface area (Å²) in [5, 5.41) is 0. The van der Waals surface area contributed by atoms with E-state index in [1.165, 1.54) is 28.3 Å². The molecule has 2 aromatic heterocycles. The first-order chi connectivity index (χ1) is 12.8. The monoisotopic (exact) mass is 368 g/mol. The normalized spacial score (nSPS) is 12.9. The highest BCUT2D eigenvalue weighted by molar-refractivity contribution is 6.28. The second kappa shape index (κ2) is 7.10. The van der Waals surface area contributed by atoms with Gasteiger partial charge < -0.3 is 9.13 Å². The molecular weight excluding hydrogens is 344 g/mol. The molecule has 0 aliphatic heterocycles. The summed E-state index contributed by atoms with van der Waals surface area (Å²) in [6.07, 6.45) is 2.88. The van der Waals surface area contributed by atoms with Crippen molar-refractivity contribution in [1.82, 2.24) is 9.13 Å². The van der Waals surface area contributed by atoms with E-state index in [9.17, 15) is 19.2 Å². The van der Waals surface area contributed by atoms with Crippen molar-refractivity contribution in [2.45, 2.75) is 53.0 Å². The number of aromatic nitrogens is 2. The molecule has 0 spiro atoms. The van der Waals surface area contributed by atoms with Gasteiger partial charge >= 0.3 is 0 Å². The van der Waals surface area contributed by atoms with Gasteiger partial charge in [-0.15, -0.1) is 0 Å². The van der Waals surface area contributed by atoms with Crippen molar-refractivity contribution < 1.29 is 9.59 Å². The molecule has 6 heteroatoms. The summed E-state index contributed by atoms with van der Waals surface area (Å²) in [7, 11) is 1.49. The number of aryl methyl sites for hydroxylation is 2. The zero-order valence-corrected chi connectivity index (χ0v) is 16.2. The lowest BCUT2D eigenvalue weighted by Crippen LogP contribution is -2.38. The van der Waals surface area contributed by atoms with Gasteiger partial charge in [-0.3, -0.25) is 19.2 Å². The van der Waals surface area contributed by atoms with Gasteiger partial charge in [0.15, 0.2) is 5.78 Å². The van der Waals surface area contributed by atoms with Gasteiger partial charge in [0.2, 0.25) is 5.78 Å². The van der Waals surface area contributed by atoms with Crippen LogP contribution in [0.2, 0.25) is 0 Å². The number of fused-ring (bicyclic) bond motifs is 2. The highest BCUT2D eigenvalue weighted by Gasteiger charge is 2.37. The molecule has 2 aromatic rings. The molecule has 6 nitrogen and oxygen atoms in total. The summed E-state index contributed by atoms with van der Waals surface area (Å²) in [5.74, 6) is -0.699. The highest BCUT2D eigenvalue weighted by Crippen LogP contribution is 2.30. The van der Waals surface area contributed by atoms with E-state index in [-0.39, 0.29) is 33.9 Å². The van der Waals surface area contributed by atoms with E-state index < -0.39 is 5.78 Å². The third-order valence-electron chi connectivity index (χ3n) is 5.17. The van der Waals surface area contributed by atoms with Crippen molar-refractivity contribution in [3.05, 3.63) is 66.5 Å². The van der Waals surface area contributed by atoms with Crippen LogP contribution in [0, 0.1) is 6.92 Å². The average Bonchev–Trinajstić information content (AvgIpc) is 2.61. The van der Waals surface area contributed by atoms with Crippen molar-refractivity contribution in [1.29, 1.82) is 0 Å². The van der Waals surface area contributed by atoms with Crippen LogP contribution in [0.5, 0.6) is 0 Å². The maximum absolute atomic E-state index is 13.4. The average molecular weight is 368 g/mol. The molecule has 2 heterocycles. The fourth-order valence-electron chi connectivity index (χ4n) is 3.80. The number of carbonyl (C=O) groups is 2. The standard InChI is InChI=1S/C21H24N2O4/c1-5-7-9-23-15(25)11-13(8-6-2)17-19(23)21(27)18-16(20(17)26)12(3)10-14(24)22(18)4/h10-11H,5-9H2,1-4H3. The third-order valence-corrected chi connectivity index (χ3v) is 5.17. The summed E-state index contributed by atoms with van der Waals surface area (Å²) in [5.41, 5.74) is 1.30. The Balaban J connectivity index is 2.42. The van der Waals surface area contributed by atoms with Crippen LogP contribution in [-0.4, -0.2) is 20.7 Å². The van der Waals surface area contributed by atoms with Crippen molar-refractivity contribution in [2.24, 2.45) is 7.05 Å². The zero-order chi connectivity index (χ0) is 19.9. The molecule has 1 aliphatic carbocycles. The quantitative estimate of drug-likeness (QED) is 0.693. The summed E-state index contributed by atoms with van der Waals surface area (Å²) in [4.78, 5) is 51.7. The molecule has 0 saturated carbocycles. The van der Waals surface area contributed by atoms with Gasteiger partial charge in [-0.2, -0.15) is 0 Å². The van der Waals surface area contributed by atoms with Crippen LogP contribution in [-0.2, 0) is 20.0 Å². The molecule has 0 N–H and O–H groups in total. The molecule has 0 unspecified atom stereocenters. The topological polar surface area (TPSA) is 78.1 Å². The number of carbonyl (C=O) groups excluding carboxylic acids is 2. The Bertz CT molecular complexity index is 1070. The minimum Gasteiger partial charge on any atom is -0.308 e. The van der Waals surface area contributed by atoms with Crippen molar-refractivity contribution in [3.63, 3.8) is 0 Å².